The molecule has 0 heterocycles. The van der Waals surface area contributed by atoms with Gasteiger partial charge in [-0.25, -0.2) is 4.39 Å². The standard InChI is InChI=1S/C13H15FN2S/c1-16-13(8-15,10-6-7-10)9-17-12-5-3-2-4-11(12)14/h2-5,10,16H,6-7,9H2,1H3. The SMILES string of the molecule is CNC(C#N)(CSc1ccccc1F)C1CC1. The van der Waals surface area contributed by atoms with Gasteiger partial charge in [0.05, 0.1) is 6.07 Å². The van der Waals surface area contributed by atoms with Gasteiger partial charge in [0.15, 0.2) is 0 Å². The van der Waals surface area contributed by atoms with E-state index in [0.717, 1.165) is 12.8 Å². The molecule has 90 valence electrons. The maximum Gasteiger partial charge on any atom is 0.136 e. The van der Waals surface area contributed by atoms with E-state index in [1.165, 1.54) is 17.8 Å². The van der Waals surface area contributed by atoms with Gasteiger partial charge in [-0.3, -0.25) is 0 Å². The Kier molecular flexibility index (Phi) is 3.70. The van der Waals surface area contributed by atoms with Gasteiger partial charge in [-0.15, -0.1) is 11.8 Å². The first-order chi connectivity index (χ1) is 8.22. The van der Waals surface area contributed by atoms with Crippen molar-refractivity contribution in [2.24, 2.45) is 5.92 Å². The molecule has 17 heavy (non-hydrogen) atoms. The molecule has 2 rings (SSSR count). The quantitative estimate of drug-likeness (QED) is 0.816. The van der Waals surface area contributed by atoms with Crippen LogP contribution in [0.3, 0.4) is 0 Å². The highest BCUT2D eigenvalue weighted by molar-refractivity contribution is 7.99. The second kappa shape index (κ2) is 5.07. The molecule has 0 aliphatic heterocycles. The van der Waals surface area contributed by atoms with Crippen LogP contribution in [0.15, 0.2) is 29.2 Å². The minimum atomic E-state index is -0.507. The van der Waals surface area contributed by atoms with Crippen molar-refractivity contribution in [3.8, 4) is 6.07 Å². The zero-order valence-electron chi connectivity index (χ0n) is 9.74. The first-order valence-electron chi connectivity index (χ1n) is 5.69. The van der Waals surface area contributed by atoms with Gasteiger partial charge in [0.2, 0.25) is 0 Å². The van der Waals surface area contributed by atoms with E-state index < -0.39 is 5.54 Å². The predicted octanol–water partition coefficient (Wildman–Crippen LogP) is 2.81. The van der Waals surface area contributed by atoms with E-state index in [1.54, 1.807) is 12.1 Å². The third-order valence-electron chi connectivity index (χ3n) is 3.21. The second-order valence-corrected chi connectivity index (χ2v) is 5.34. The Morgan fingerprint density at radius 2 is 2.24 bits per heavy atom. The topological polar surface area (TPSA) is 35.8 Å². The number of benzene rings is 1. The highest BCUT2D eigenvalue weighted by atomic mass is 32.2. The van der Waals surface area contributed by atoms with Crippen molar-refractivity contribution >= 4 is 11.8 Å². The van der Waals surface area contributed by atoms with Gasteiger partial charge >= 0.3 is 0 Å². The van der Waals surface area contributed by atoms with E-state index in [4.69, 9.17) is 0 Å². The molecule has 1 aromatic rings. The number of rotatable bonds is 5. The number of halogens is 1. The summed E-state index contributed by atoms with van der Waals surface area (Å²) < 4.78 is 13.5. The lowest BCUT2D eigenvalue weighted by molar-refractivity contribution is 0.441. The number of nitriles is 1. The zero-order chi connectivity index (χ0) is 12.3. The molecule has 1 aromatic carbocycles. The molecule has 4 heteroatoms. The average Bonchev–Trinajstić information content (AvgIpc) is 3.18. The van der Waals surface area contributed by atoms with Gasteiger partial charge in [-0.05, 0) is 37.9 Å². The second-order valence-electron chi connectivity index (χ2n) is 4.33. The molecule has 1 saturated carbocycles. The smallest absolute Gasteiger partial charge is 0.136 e. The van der Waals surface area contributed by atoms with Crippen LogP contribution in [0.4, 0.5) is 4.39 Å². The Labute approximate surface area is 105 Å². The maximum absolute atomic E-state index is 13.5. The summed E-state index contributed by atoms with van der Waals surface area (Å²) >= 11 is 1.41. The Morgan fingerprint density at radius 3 is 2.76 bits per heavy atom. The molecular formula is C13H15FN2S. The summed E-state index contributed by atoms with van der Waals surface area (Å²) in [5.74, 6) is 0.791. The molecule has 0 saturated heterocycles. The van der Waals surface area contributed by atoms with Crippen molar-refractivity contribution in [1.29, 1.82) is 5.26 Å². The van der Waals surface area contributed by atoms with Crippen LogP contribution in [-0.2, 0) is 0 Å². The van der Waals surface area contributed by atoms with Crippen molar-refractivity contribution in [3.05, 3.63) is 30.1 Å². The van der Waals surface area contributed by atoms with Crippen LogP contribution in [-0.4, -0.2) is 18.3 Å². The van der Waals surface area contributed by atoms with E-state index >= 15 is 0 Å². The molecule has 1 fully saturated rings. The summed E-state index contributed by atoms with van der Waals surface area (Å²) in [4.78, 5) is 0.614. The maximum atomic E-state index is 13.5. The van der Waals surface area contributed by atoms with Crippen molar-refractivity contribution in [2.75, 3.05) is 12.8 Å². The number of hydrogen-bond donors (Lipinski definition) is 1. The highest BCUT2D eigenvalue weighted by Gasteiger charge is 2.44. The molecule has 0 bridgehead atoms. The molecule has 1 unspecified atom stereocenters. The van der Waals surface area contributed by atoms with Gasteiger partial charge in [-0.2, -0.15) is 5.26 Å². The van der Waals surface area contributed by atoms with E-state index in [1.807, 2.05) is 13.1 Å². The van der Waals surface area contributed by atoms with Crippen molar-refractivity contribution in [3.63, 3.8) is 0 Å². The van der Waals surface area contributed by atoms with Gasteiger partial charge in [0.1, 0.15) is 11.4 Å². The molecular weight excluding hydrogens is 235 g/mol. The molecule has 1 aliphatic rings. The summed E-state index contributed by atoms with van der Waals surface area (Å²) in [7, 11) is 1.81. The number of nitrogens with zero attached hydrogens (tertiary/aromatic N) is 1. The van der Waals surface area contributed by atoms with E-state index in [0.29, 0.717) is 16.6 Å². The Bertz CT molecular complexity index is 439. The minimum Gasteiger partial charge on any atom is -0.302 e. The minimum absolute atomic E-state index is 0.212. The zero-order valence-corrected chi connectivity index (χ0v) is 10.6. The fourth-order valence-corrected chi connectivity index (χ4v) is 3.11. The molecule has 1 N–H and O–H groups in total. The van der Waals surface area contributed by atoms with Crippen LogP contribution >= 0.6 is 11.8 Å². The molecule has 1 aliphatic carbocycles. The highest BCUT2D eigenvalue weighted by Crippen LogP contribution is 2.42. The Hall–Kier alpha value is -1.05. The van der Waals surface area contributed by atoms with E-state index in [2.05, 4.69) is 11.4 Å². The summed E-state index contributed by atoms with van der Waals surface area (Å²) in [6.45, 7) is 0. The summed E-state index contributed by atoms with van der Waals surface area (Å²) in [6.07, 6.45) is 2.18. The van der Waals surface area contributed by atoms with E-state index in [-0.39, 0.29) is 5.82 Å². The van der Waals surface area contributed by atoms with Crippen molar-refractivity contribution < 1.29 is 4.39 Å². The number of hydrogen-bond acceptors (Lipinski definition) is 3. The monoisotopic (exact) mass is 250 g/mol. The third-order valence-corrected chi connectivity index (χ3v) is 4.45. The van der Waals surface area contributed by atoms with Crippen molar-refractivity contribution in [1.82, 2.24) is 5.32 Å². The molecule has 0 amide bonds. The van der Waals surface area contributed by atoms with Crippen molar-refractivity contribution in [2.45, 2.75) is 23.3 Å². The molecule has 1 atom stereocenters. The largest absolute Gasteiger partial charge is 0.302 e. The van der Waals surface area contributed by atoms with Crippen LogP contribution in [0.2, 0.25) is 0 Å². The Morgan fingerprint density at radius 1 is 1.53 bits per heavy atom. The average molecular weight is 250 g/mol. The fourth-order valence-electron chi connectivity index (χ4n) is 1.90. The van der Waals surface area contributed by atoms with Gasteiger partial charge in [0.25, 0.3) is 0 Å². The van der Waals surface area contributed by atoms with Gasteiger partial charge in [0, 0.05) is 10.6 Å². The first kappa shape index (κ1) is 12.4. The third kappa shape index (κ3) is 2.62. The summed E-state index contributed by atoms with van der Waals surface area (Å²) in [5.41, 5.74) is -0.507. The number of thioether (sulfide) groups is 1. The van der Waals surface area contributed by atoms with E-state index in [9.17, 15) is 9.65 Å². The first-order valence-corrected chi connectivity index (χ1v) is 6.68. The predicted molar refractivity (Wildman–Crippen MR) is 67.3 cm³/mol. The lowest BCUT2D eigenvalue weighted by Crippen LogP contribution is -2.46. The van der Waals surface area contributed by atoms with Gasteiger partial charge in [-0.1, -0.05) is 12.1 Å². The summed E-state index contributed by atoms with van der Waals surface area (Å²) in [6, 6.07) is 9.06. The summed E-state index contributed by atoms with van der Waals surface area (Å²) in [5, 5.41) is 12.4. The molecule has 0 spiro atoms. The molecule has 0 radical (unpaired) electrons. The Balaban J connectivity index is 2.06. The number of nitrogens with one attached hydrogen (secondary N) is 1. The van der Waals surface area contributed by atoms with Gasteiger partial charge < -0.3 is 5.32 Å². The van der Waals surface area contributed by atoms with Crippen LogP contribution in [0.5, 0.6) is 0 Å². The molecule has 0 aromatic heterocycles. The fraction of sp³-hybridized carbons (Fsp3) is 0.462. The van der Waals surface area contributed by atoms with Crippen LogP contribution in [0.1, 0.15) is 12.8 Å². The lowest BCUT2D eigenvalue weighted by Gasteiger charge is -2.25. The van der Waals surface area contributed by atoms with Crippen LogP contribution < -0.4 is 5.32 Å². The molecule has 2 nitrogen and oxygen atoms in total. The lowest BCUT2D eigenvalue weighted by atomic mass is 9.98. The van der Waals surface area contributed by atoms with Crippen LogP contribution in [0, 0.1) is 23.1 Å². The van der Waals surface area contributed by atoms with Crippen LogP contribution in [0.25, 0.3) is 0 Å². The normalized spacial score (nSPS) is 18.4.